The highest BCUT2D eigenvalue weighted by Gasteiger charge is 2.16. The van der Waals surface area contributed by atoms with Gasteiger partial charge in [-0.05, 0) is 48.5 Å². The summed E-state index contributed by atoms with van der Waals surface area (Å²) in [7, 11) is 1.54. The lowest BCUT2D eigenvalue weighted by Gasteiger charge is -2.11. The average molecular weight is 392 g/mol. The minimum Gasteiger partial charge on any atom is -0.495 e. The summed E-state index contributed by atoms with van der Waals surface area (Å²) in [5.41, 5.74) is 1.82. The topological polar surface area (TPSA) is 82.2 Å². The number of benzene rings is 2. The number of para-hydroxylation sites is 2. The highest BCUT2D eigenvalue weighted by molar-refractivity contribution is 5.92. The summed E-state index contributed by atoms with van der Waals surface area (Å²) in [6.45, 7) is 0.0502. The van der Waals surface area contributed by atoms with Gasteiger partial charge in [-0.25, -0.2) is 4.39 Å². The molecule has 4 rings (SSSR count). The molecule has 0 spiro atoms. The van der Waals surface area contributed by atoms with E-state index in [1.165, 1.54) is 12.1 Å². The standard InChI is InChI=1S/C21H17FN4O3/c1-28-18-7-3-2-5-16(18)23-19(27)13-26-12-4-6-17(26)21-24-20(25-29-21)14-8-10-15(22)11-9-14/h2-12H,13H2,1H3,(H,23,27). The van der Waals surface area contributed by atoms with Crippen LogP contribution in [0.5, 0.6) is 5.75 Å². The molecule has 0 bridgehead atoms. The first-order valence-electron chi connectivity index (χ1n) is 8.82. The molecule has 1 amide bonds. The molecule has 8 heteroatoms. The van der Waals surface area contributed by atoms with Crippen molar-refractivity contribution in [2.75, 3.05) is 12.4 Å². The second-order valence-corrected chi connectivity index (χ2v) is 6.20. The summed E-state index contributed by atoms with van der Waals surface area (Å²) in [5, 5.41) is 6.77. The number of ether oxygens (including phenoxy) is 1. The van der Waals surface area contributed by atoms with E-state index in [2.05, 4.69) is 15.5 Å². The number of aromatic nitrogens is 3. The number of carbonyl (C=O) groups excluding carboxylic acids is 1. The zero-order valence-electron chi connectivity index (χ0n) is 15.5. The lowest BCUT2D eigenvalue weighted by molar-refractivity contribution is -0.116. The molecule has 0 atom stereocenters. The van der Waals surface area contributed by atoms with Gasteiger partial charge in [0.15, 0.2) is 0 Å². The molecule has 2 aromatic carbocycles. The van der Waals surface area contributed by atoms with Crippen molar-refractivity contribution in [3.8, 4) is 28.7 Å². The Morgan fingerprint density at radius 1 is 1.14 bits per heavy atom. The monoisotopic (exact) mass is 392 g/mol. The zero-order chi connectivity index (χ0) is 20.2. The molecule has 0 saturated carbocycles. The third kappa shape index (κ3) is 4.01. The first kappa shape index (κ1) is 18.4. The zero-order valence-corrected chi connectivity index (χ0v) is 15.5. The number of rotatable bonds is 6. The fourth-order valence-electron chi connectivity index (χ4n) is 2.88. The number of halogens is 1. The largest absolute Gasteiger partial charge is 0.495 e. The van der Waals surface area contributed by atoms with Crippen molar-refractivity contribution in [3.05, 3.63) is 72.7 Å². The third-order valence-corrected chi connectivity index (χ3v) is 4.27. The van der Waals surface area contributed by atoms with E-state index in [9.17, 15) is 9.18 Å². The lowest BCUT2D eigenvalue weighted by atomic mass is 10.2. The fourth-order valence-corrected chi connectivity index (χ4v) is 2.88. The predicted molar refractivity (Wildman–Crippen MR) is 105 cm³/mol. The Morgan fingerprint density at radius 2 is 1.93 bits per heavy atom. The van der Waals surface area contributed by atoms with Crippen molar-refractivity contribution in [3.63, 3.8) is 0 Å². The van der Waals surface area contributed by atoms with Crippen LogP contribution in [-0.2, 0) is 11.3 Å². The minimum absolute atomic E-state index is 0.0502. The molecule has 0 aliphatic carbocycles. The van der Waals surface area contributed by atoms with Crippen LogP contribution in [0.2, 0.25) is 0 Å². The third-order valence-electron chi connectivity index (χ3n) is 4.27. The van der Waals surface area contributed by atoms with E-state index in [0.717, 1.165) is 0 Å². The van der Waals surface area contributed by atoms with Crippen LogP contribution in [0.3, 0.4) is 0 Å². The van der Waals surface area contributed by atoms with E-state index in [0.29, 0.717) is 28.5 Å². The van der Waals surface area contributed by atoms with Crippen molar-refractivity contribution in [1.82, 2.24) is 14.7 Å². The van der Waals surface area contributed by atoms with Crippen LogP contribution >= 0.6 is 0 Å². The van der Waals surface area contributed by atoms with Crippen LogP contribution in [0.1, 0.15) is 0 Å². The van der Waals surface area contributed by atoms with Crippen LogP contribution < -0.4 is 10.1 Å². The maximum atomic E-state index is 13.1. The van der Waals surface area contributed by atoms with Gasteiger partial charge in [-0.1, -0.05) is 17.3 Å². The highest BCUT2D eigenvalue weighted by atomic mass is 19.1. The van der Waals surface area contributed by atoms with E-state index in [-0.39, 0.29) is 24.2 Å². The van der Waals surface area contributed by atoms with Crippen molar-refractivity contribution >= 4 is 11.6 Å². The minimum atomic E-state index is -0.340. The number of nitrogens with one attached hydrogen (secondary N) is 1. The summed E-state index contributed by atoms with van der Waals surface area (Å²) in [6.07, 6.45) is 1.75. The maximum absolute atomic E-state index is 13.1. The summed E-state index contributed by atoms with van der Waals surface area (Å²) in [4.78, 5) is 16.9. The SMILES string of the molecule is COc1ccccc1NC(=O)Cn1cccc1-c1nc(-c2ccc(F)cc2)no1. The van der Waals surface area contributed by atoms with Crippen molar-refractivity contribution in [2.45, 2.75) is 6.54 Å². The van der Waals surface area contributed by atoms with Gasteiger partial charge in [0.05, 0.1) is 12.8 Å². The van der Waals surface area contributed by atoms with Gasteiger partial charge in [0.2, 0.25) is 11.7 Å². The van der Waals surface area contributed by atoms with Crippen molar-refractivity contribution in [2.24, 2.45) is 0 Å². The fraction of sp³-hybridized carbons (Fsp3) is 0.0952. The van der Waals surface area contributed by atoms with Crippen LogP contribution in [-0.4, -0.2) is 27.7 Å². The van der Waals surface area contributed by atoms with E-state index in [1.807, 2.05) is 12.1 Å². The number of carbonyl (C=O) groups is 1. The average Bonchev–Trinajstić information content (AvgIpc) is 3.38. The van der Waals surface area contributed by atoms with E-state index in [4.69, 9.17) is 9.26 Å². The Hall–Kier alpha value is -3.94. The molecule has 7 nitrogen and oxygen atoms in total. The number of amides is 1. The van der Waals surface area contributed by atoms with Crippen molar-refractivity contribution < 1.29 is 18.4 Å². The van der Waals surface area contributed by atoms with E-state index >= 15 is 0 Å². The molecule has 1 N–H and O–H groups in total. The number of hydrogen-bond donors (Lipinski definition) is 1. The molecule has 0 aliphatic heterocycles. The van der Waals surface area contributed by atoms with Gasteiger partial charge < -0.3 is 19.1 Å². The number of nitrogens with zero attached hydrogens (tertiary/aromatic N) is 3. The van der Waals surface area contributed by atoms with Crippen LogP contribution in [0.15, 0.2) is 71.4 Å². The van der Waals surface area contributed by atoms with Gasteiger partial charge in [-0.3, -0.25) is 4.79 Å². The second-order valence-electron chi connectivity index (χ2n) is 6.20. The van der Waals surface area contributed by atoms with Gasteiger partial charge >= 0.3 is 0 Å². The molecule has 0 unspecified atom stereocenters. The lowest BCUT2D eigenvalue weighted by Crippen LogP contribution is -2.19. The predicted octanol–water partition coefficient (Wildman–Crippen LogP) is 3.99. The molecule has 2 aromatic heterocycles. The Bertz CT molecular complexity index is 1130. The van der Waals surface area contributed by atoms with E-state index in [1.54, 1.807) is 54.3 Å². The van der Waals surface area contributed by atoms with Crippen LogP contribution in [0.25, 0.3) is 23.0 Å². The molecular weight excluding hydrogens is 375 g/mol. The van der Waals surface area contributed by atoms with Crippen molar-refractivity contribution in [1.29, 1.82) is 0 Å². The second kappa shape index (κ2) is 7.97. The summed E-state index contributed by atoms with van der Waals surface area (Å²) in [6, 6.07) is 16.5. The van der Waals surface area contributed by atoms with Gasteiger partial charge in [0.1, 0.15) is 23.8 Å². The molecule has 0 saturated heterocycles. The Balaban J connectivity index is 1.52. The molecule has 0 aliphatic rings. The molecule has 146 valence electrons. The quantitative estimate of drug-likeness (QED) is 0.537. The Morgan fingerprint density at radius 3 is 2.72 bits per heavy atom. The summed E-state index contributed by atoms with van der Waals surface area (Å²) < 4.78 is 25.4. The van der Waals surface area contributed by atoms with Gasteiger partial charge in [-0.15, -0.1) is 0 Å². The molecule has 2 heterocycles. The summed E-state index contributed by atoms with van der Waals surface area (Å²) in [5.74, 6) is 0.609. The highest BCUT2D eigenvalue weighted by Crippen LogP contribution is 2.25. The first-order chi connectivity index (χ1) is 14.1. The molecule has 4 aromatic rings. The van der Waals surface area contributed by atoms with Crippen LogP contribution in [0, 0.1) is 5.82 Å². The number of methoxy groups -OCH3 is 1. The normalized spacial score (nSPS) is 10.7. The van der Waals surface area contributed by atoms with Gasteiger partial charge in [0, 0.05) is 11.8 Å². The van der Waals surface area contributed by atoms with E-state index < -0.39 is 0 Å². The Kier molecular flexibility index (Phi) is 5.07. The number of hydrogen-bond acceptors (Lipinski definition) is 5. The summed E-state index contributed by atoms with van der Waals surface area (Å²) >= 11 is 0. The maximum Gasteiger partial charge on any atom is 0.274 e. The van der Waals surface area contributed by atoms with Crippen LogP contribution in [0.4, 0.5) is 10.1 Å². The molecule has 29 heavy (non-hydrogen) atoms. The van der Waals surface area contributed by atoms with Gasteiger partial charge in [-0.2, -0.15) is 4.98 Å². The van der Waals surface area contributed by atoms with Gasteiger partial charge in [0.25, 0.3) is 5.89 Å². The first-order valence-corrected chi connectivity index (χ1v) is 8.82. The smallest absolute Gasteiger partial charge is 0.274 e. The molecule has 0 radical (unpaired) electrons. The number of anilines is 1. The Labute approximate surface area is 165 Å². The molecular formula is C21H17FN4O3. The molecule has 0 fully saturated rings.